The summed E-state index contributed by atoms with van der Waals surface area (Å²) in [4.78, 5) is 23.7. The highest BCUT2D eigenvalue weighted by Crippen LogP contribution is 2.12. The molecular formula is C24H35N5O3. The SMILES string of the molecule is O=C(NCc1ccccc1)c1coc(CN2CCN(CC(O)CN3CCCCC3)CC2)n1. The predicted molar refractivity (Wildman–Crippen MR) is 122 cm³/mol. The number of carbonyl (C=O) groups is 1. The van der Waals surface area contributed by atoms with Gasteiger partial charge in [-0.2, -0.15) is 0 Å². The number of hydrogen-bond acceptors (Lipinski definition) is 7. The smallest absolute Gasteiger partial charge is 0.273 e. The van der Waals surface area contributed by atoms with Crippen LogP contribution in [-0.4, -0.2) is 89.2 Å². The fraction of sp³-hybridized carbons (Fsp3) is 0.583. The van der Waals surface area contributed by atoms with E-state index in [2.05, 4.69) is 25.0 Å². The lowest BCUT2D eigenvalue weighted by Gasteiger charge is -2.36. The molecule has 2 saturated heterocycles. The average molecular weight is 442 g/mol. The van der Waals surface area contributed by atoms with Crippen molar-refractivity contribution in [3.63, 3.8) is 0 Å². The molecule has 0 aliphatic carbocycles. The summed E-state index contributed by atoms with van der Waals surface area (Å²) in [6.07, 6.45) is 4.97. The number of hydrogen-bond donors (Lipinski definition) is 2. The minimum absolute atomic E-state index is 0.226. The van der Waals surface area contributed by atoms with Crippen LogP contribution in [0.4, 0.5) is 0 Å². The van der Waals surface area contributed by atoms with Gasteiger partial charge in [0.25, 0.3) is 5.91 Å². The molecule has 2 aliphatic heterocycles. The molecule has 2 N–H and O–H groups in total. The standard InChI is InChI=1S/C24H35N5O3/c30-21(16-27-9-5-2-6-10-27)17-28-11-13-29(14-12-28)18-23-26-22(19-32-23)24(31)25-15-20-7-3-1-4-8-20/h1,3-4,7-8,19,21,30H,2,5-6,9-18H2,(H,25,31). The highest BCUT2D eigenvalue weighted by Gasteiger charge is 2.22. The van der Waals surface area contributed by atoms with Gasteiger partial charge in [0.15, 0.2) is 5.69 Å². The first-order valence-electron chi connectivity index (χ1n) is 11.8. The van der Waals surface area contributed by atoms with Crippen molar-refractivity contribution in [2.24, 2.45) is 0 Å². The second kappa shape index (κ2) is 11.6. The van der Waals surface area contributed by atoms with Gasteiger partial charge in [-0.25, -0.2) is 4.98 Å². The van der Waals surface area contributed by atoms with Crippen LogP contribution in [-0.2, 0) is 13.1 Å². The molecule has 1 aromatic heterocycles. The van der Waals surface area contributed by atoms with Crippen molar-refractivity contribution in [3.05, 3.63) is 53.7 Å². The van der Waals surface area contributed by atoms with Gasteiger partial charge in [-0.3, -0.25) is 14.6 Å². The van der Waals surface area contributed by atoms with E-state index in [1.807, 2.05) is 30.3 Å². The highest BCUT2D eigenvalue weighted by atomic mass is 16.3. The van der Waals surface area contributed by atoms with Gasteiger partial charge in [0, 0.05) is 45.8 Å². The maximum Gasteiger partial charge on any atom is 0.273 e. The molecule has 4 rings (SSSR count). The molecule has 1 amide bonds. The molecule has 0 bridgehead atoms. The second-order valence-electron chi connectivity index (χ2n) is 8.89. The third-order valence-corrected chi connectivity index (χ3v) is 6.29. The average Bonchev–Trinajstić information content (AvgIpc) is 3.29. The van der Waals surface area contributed by atoms with E-state index in [0.717, 1.165) is 57.9 Å². The Labute approximate surface area is 190 Å². The summed E-state index contributed by atoms with van der Waals surface area (Å²) in [5, 5.41) is 13.3. The van der Waals surface area contributed by atoms with Crippen molar-refractivity contribution in [1.29, 1.82) is 0 Å². The lowest BCUT2D eigenvalue weighted by molar-refractivity contribution is 0.0434. The monoisotopic (exact) mass is 441 g/mol. The molecule has 174 valence electrons. The van der Waals surface area contributed by atoms with Crippen molar-refractivity contribution in [2.45, 2.75) is 38.5 Å². The number of benzene rings is 1. The zero-order chi connectivity index (χ0) is 22.2. The Kier molecular flexibility index (Phi) is 8.28. The largest absolute Gasteiger partial charge is 0.447 e. The molecular weight excluding hydrogens is 406 g/mol. The van der Waals surface area contributed by atoms with Gasteiger partial charge in [0.2, 0.25) is 5.89 Å². The number of β-amino-alcohol motifs (C(OH)–C–C–N with tert-alkyl or cyclic N) is 1. The number of aromatic nitrogens is 1. The summed E-state index contributed by atoms with van der Waals surface area (Å²) in [5.74, 6) is 0.338. The van der Waals surface area contributed by atoms with Crippen LogP contribution in [0, 0.1) is 0 Å². The Bertz CT molecular complexity index is 829. The number of piperidine rings is 1. The molecule has 1 aromatic carbocycles. The lowest BCUT2D eigenvalue weighted by Crippen LogP contribution is -2.50. The van der Waals surface area contributed by atoms with E-state index in [9.17, 15) is 9.90 Å². The third kappa shape index (κ3) is 6.87. The molecule has 2 fully saturated rings. The van der Waals surface area contributed by atoms with Crippen molar-refractivity contribution < 1.29 is 14.3 Å². The van der Waals surface area contributed by atoms with Crippen LogP contribution in [0.5, 0.6) is 0 Å². The number of oxazole rings is 1. The number of nitrogens with zero attached hydrogens (tertiary/aromatic N) is 4. The van der Waals surface area contributed by atoms with Crippen LogP contribution in [0.15, 0.2) is 41.0 Å². The van der Waals surface area contributed by atoms with E-state index < -0.39 is 0 Å². The van der Waals surface area contributed by atoms with Gasteiger partial charge in [0.1, 0.15) is 6.26 Å². The summed E-state index contributed by atoms with van der Waals surface area (Å²) < 4.78 is 5.54. The first-order valence-corrected chi connectivity index (χ1v) is 11.8. The van der Waals surface area contributed by atoms with E-state index in [4.69, 9.17) is 4.42 Å². The minimum atomic E-state index is -0.289. The molecule has 0 spiro atoms. The Morgan fingerprint density at radius 3 is 2.34 bits per heavy atom. The van der Waals surface area contributed by atoms with Crippen molar-refractivity contribution >= 4 is 5.91 Å². The number of rotatable bonds is 9. The molecule has 8 nitrogen and oxygen atoms in total. The quantitative estimate of drug-likeness (QED) is 0.611. The highest BCUT2D eigenvalue weighted by molar-refractivity contribution is 5.91. The van der Waals surface area contributed by atoms with E-state index in [0.29, 0.717) is 24.7 Å². The Hall–Kier alpha value is -2.26. The molecule has 8 heteroatoms. The maximum absolute atomic E-state index is 12.3. The van der Waals surface area contributed by atoms with Gasteiger partial charge in [-0.15, -0.1) is 0 Å². The molecule has 32 heavy (non-hydrogen) atoms. The molecule has 0 radical (unpaired) electrons. The third-order valence-electron chi connectivity index (χ3n) is 6.29. The Balaban J connectivity index is 1.16. The van der Waals surface area contributed by atoms with Gasteiger partial charge in [-0.1, -0.05) is 36.8 Å². The maximum atomic E-state index is 12.3. The van der Waals surface area contributed by atoms with Crippen LogP contribution in [0.3, 0.4) is 0 Å². The van der Waals surface area contributed by atoms with E-state index >= 15 is 0 Å². The first kappa shape index (κ1) is 22.9. The second-order valence-corrected chi connectivity index (χ2v) is 8.89. The predicted octanol–water partition coefficient (Wildman–Crippen LogP) is 1.57. The Morgan fingerprint density at radius 1 is 0.969 bits per heavy atom. The van der Waals surface area contributed by atoms with Crippen LogP contribution in [0.25, 0.3) is 0 Å². The number of carbonyl (C=O) groups excluding carboxylic acids is 1. The fourth-order valence-corrected chi connectivity index (χ4v) is 4.47. The number of aliphatic hydroxyl groups excluding tert-OH is 1. The molecule has 2 aromatic rings. The fourth-order valence-electron chi connectivity index (χ4n) is 4.47. The van der Waals surface area contributed by atoms with Crippen LogP contribution in [0.2, 0.25) is 0 Å². The topological polar surface area (TPSA) is 85.1 Å². The summed E-state index contributed by atoms with van der Waals surface area (Å²) in [5.41, 5.74) is 1.36. The summed E-state index contributed by atoms with van der Waals surface area (Å²) in [6.45, 7) is 8.44. The molecule has 3 heterocycles. The number of nitrogens with one attached hydrogen (secondary N) is 1. The zero-order valence-electron chi connectivity index (χ0n) is 18.8. The van der Waals surface area contributed by atoms with Crippen molar-refractivity contribution in [2.75, 3.05) is 52.4 Å². The lowest BCUT2D eigenvalue weighted by atomic mass is 10.1. The number of amides is 1. The van der Waals surface area contributed by atoms with E-state index in [1.165, 1.54) is 25.5 Å². The van der Waals surface area contributed by atoms with Gasteiger partial charge in [0.05, 0.1) is 12.6 Å². The van der Waals surface area contributed by atoms with Crippen LogP contribution in [0.1, 0.15) is 41.2 Å². The normalized spacial score (nSPS) is 19.7. The van der Waals surface area contributed by atoms with Crippen LogP contribution < -0.4 is 5.32 Å². The number of aliphatic hydroxyl groups is 1. The van der Waals surface area contributed by atoms with E-state index in [1.54, 1.807) is 0 Å². The summed E-state index contributed by atoms with van der Waals surface area (Å²) in [6, 6.07) is 9.80. The molecule has 2 aliphatic rings. The first-order chi connectivity index (χ1) is 15.7. The Morgan fingerprint density at radius 2 is 1.62 bits per heavy atom. The zero-order valence-corrected chi connectivity index (χ0v) is 18.8. The summed E-state index contributed by atoms with van der Waals surface area (Å²) >= 11 is 0. The molecule has 0 saturated carbocycles. The van der Waals surface area contributed by atoms with E-state index in [-0.39, 0.29) is 12.0 Å². The number of piperazine rings is 1. The van der Waals surface area contributed by atoms with Gasteiger partial charge >= 0.3 is 0 Å². The number of likely N-dealkylation sites (tertiary alicyclic amines) is 1. The van der Waals surface area contributed by atoms with Crippen molar-refractivity contribution in [3.8, 4) is 0 Å². The molecule has 1 unspecified atom stereocenters. The minimum Gasteiger partial charge on any atom is -0.447 e. The van der Waals surface area contributed by atoms with Crippen molar-refractivity contribution in [1.82, 2.24) is 25.0 Å². The van der Waals surface area contributed by atoms with Gasteiger partial charge in [-0.05, 0) is 31.5 Å². The molecule has 1 atom stereocenters. The van der Waals surface area contributed by atoms with Crippen LogP contribution >= 0.6 is 0 Å². The van der Waals surface area contributed by atoms with Gasteiger partial charge < -0.3 is 19.7 Å². The summed E-state index contributed by atoms with van der Waals surface area (Å²) in [7, 11) is 0.